The third-order valence-corrected chi connectivity index (χ3v) is 1.97. The summed E-state index contributed by atoms with van der Waals surface area (Å²) in [6.07, 6.45) is 0. The van der Waals surface area contributed by atoms with Gasteiger partial charge >= 0.3 is 0 Å². The van der Waals surface area contributed by atoms with E-state index in [1.165, 1.54) is 4.68 Å². The van der Waals surface area contributed by atoms with Crippen molar-refractivity contribution in [3.8, 4) is 0 Å². The predicted octanol–water partition coefficient (Wildman–Crippen LogP) is 0.0181. The lowest BCUT2D eigenvalue weighted by molar-refractivity contribution is -0.122. The minimum atomic E-state index is -0.512. The van der Waals surface area contributed by atoms with E-state index in [1.54, 1.807) is 0 Å². The van der Waals surface area contributed by atoms with Gasteiger partial charge in [-0.05, 0) is 18.1 Å². The molecule has 0 spiro atoms. The van der Waals surface area contributed by atoms with Gasteiger partial charge in [0.2, 0.25) is 10.7 Å². The maximum Gasteiger partial charge on any atom is 0.242 e. The van der Waals surface area contributed by atoms with E-state index in [1.807, 2.05) is 13.8 Å². The Morgan fingerprint density at radius 3 is 2.62 bits per heavy atom. The number of nitrogens with zero attached hydrogens (tertiary/aromatic N) is 3. The highest BCUT2D eigenvalue weighted by atomic mass is 32.1. The van der Waals surface area contributed by atoms with Crippen LogP contribution in [0.3, 0.4) is 0 Å². The Bertz CT molecular complexity index is 354. The van der Waals surface area contributed by atoms with Crippen molar-refractivity contribution in [2.75, 3.05) is 0 Å². The van der Waals surface area contributed by atoms with Gasteiger partial charge in [-0.1, -0.05) is 24.2 Å². The van der Waals surface area contributed by atoms with Crippen molar-refractivity contribution in [1.82, 2.24) is 20.2 Å². The fraction of sp³-hybridized carbons (Fsp3) is 0.667. The number of carbonyl (C=O) groups is 1. The van der Waals surface area contributed by atoms with Gasteiger partial charge in [0.1, 0.15) is 6.04 Å². The molecule has 0 fully saturated rings. The minimum absolute atomic E-state index is 0.0476. The van der Waals surface area contributed by atoms with Gasteiger partial charge in [-0.15, -0.1) is 0 Å². The number of hydrogen-bond acceptors (Lipinski definition) is 4. The first-order valence-electron chi connectivity index (χ1n) is 3.83. The standard InChI is InChI=1S/C6H11N5OS/c1-3(2)4(5(7)12)11-6(13)8-9-10-11/h3-4H,1-2H3,(H2,7,12)(H,8,10,13). The van der Waals surface area contributed by atoms with Crippen LogP contribution in [0, 0.1) is 10.7 Å². The number of primary amides is 1. The second-order valence-corrected chi connectivity index (χ2v) is 3.41. The normalized spacial score (nSPS) is 13.2. The molecule has 1 amide bonds. The van der Waals surface area contributed by atoms with Gasteiger partial charge in [-0.3, -0.25) is 4.79 Å². The number of H-pyrrole nitrogens is 1. The molecule has 0 saturated heterocycles. The second-order valence-electron chi connectivity index (χ2n) is 3.04. The van der Waals surface area contributed by atoms with Crippen LogP contribution in [0.4, 0.5) is 0 Å². The molecule has 0 saturated carbocycles. The molecule has 0 aliphatic rings. The molecule has 1 heterocycles. The van der Waals surface area contributed by atoms with Crippen molar-refractivity contribution >= 4 is 18.1 Å². The molecule has 0 bridgehead atoms. The largest absolute Gasteiger partial charge is 0.368 e. The van der Waals surface area contributed by atoms with Crippen LogP contribution in [0.2, 0.25) is 0 Å². The van der Waals surface area contributed by atoms with Gasteiger partial charge in [-0.2, -0.15) is 5.21 Å². The van der Waals surface area contributed by atoms with E-state index in [0.29, 0.717) is 0 Å². The molecular weight excluding hydrogens is 190 g/mol. The Morgan fingerprint density at radius 2 is 2.31 bits per heavy atom. The minimum Gasteiger partial charge on any atom is -0.368 e. The Morgan fingerprint density at radius 1 is 1.69 bits per heavy atom. The summed E-state index contributed by atoms with van der Waals surface area (Å²) in [5.41, 5.74) is 5.22. The number of hydrogen-bond donors (Lipinski definition) is 2. The summed E-state index contributed by atoms with van der Waals surface area (Å²) in [7, 11) is 0. The van der Waals surface area contributed by atoms with Crippen molar-refractivity contribution in [2.45, 2.75) is 19.9 Å². The number of aromatic amines is 1. The van der Waals surface area contributed by atoms with Crippen LogP contribution in [0.5, 0.6) is 0 Å². The first-order valence-corrected chi connectivity index (χ1v) is 4.23. The fourth-order valence-corrected chi connectivity index (χ4v) is 1.33. The quantitative estimate of drug-likeness (QED) is 0.674. The first kappa shape index (κ1) is 9.85. The lowest BCUT2D eigenvalue weighted by Gasteiger charge is -2.16. The van der Waals surface area contributed by atoms with Crippen LogP contribution in [0.25, 0.3) is 0 Å². The molecule has 7 heteroatoms. The van der Waals surface area contributed by atoms with E-state index in [9.17, 15) is 4.79 Å². The zero-order chi connectivity index (χ0) is 10.0. The van der Waals surface area contributed by atoms with Crippen LogP contribution in [-0.4, -0.2) is 26.1 Å². The summed E-state index contributed by atoms with van der Waals surface area (Å²) in [5.74, 6) is -0.399. The molecule has 0 radical (unpaired) electrons. The summed E-state index contributed by atoms with van der Waals surface area (Å²) in [5, 5.41) is 9.57. The molecule has 6 nitrogen and oxygen atoms in total. The molecule has 1 atom stereocenters. The van der Waals surface area contributed by atoms with Crippen LogP contribution in [-0.2, 0) is 4.79 Å². The highest BCUT2D eigenvalue weighted by Gasteiger charge is 2.22. The van der Waals surface area contributed by atoms with Gasteiger partial charge in [-0.25, -0.2) is 4.68 Å². The van der Waals surface area contributed by atoms with Crippen LogP contribution in [0.1, 0.15) is 19.9 Å². The van der Waals surface area contributed by atoms with Crippen LogP contribution in [0.15, 0.2) is 0 Å². The topological polar surface area (TPSA) is 89.6 Å². The lowest BCUT2D eigenvalue weighted by Crippen LogP contribution is -2.31. The maximum atomic E-state index is 11.1. The number of nitrogens with two attached hydrogens (primary N) is 1. The Balaban J connectivity index is 3.10. The molecule has 0 aliphatic carbocycles. The Hall–Kier alpha value is -1.24. The lowest BCUT2D eigenvalue weighted by atomic mass is 10.0. The molecule has 3 N–H and O–H groups in total. The third-order valence-electron chi connectivity index (χ3n) is 1.70. The second kappa shape index (κ2) is 3.65. The summed E-state index contributed by atoms with van der Waals surface area (Å²) < 4.78 is 1.63. The average molecular weight is 201 g/mol. The molecule has 13 heavy (non-hydrogen) atoms. The van der Waals surface area contributed by atoms with Crippen molar-refractivity contribution in [3.63, 3.8) is 0 Å². The monoisotopic (exact) mass is 201 g/mol. The summed E-state index contributed by atoms with van der Waals surface area (Å²) in [6.45, 7) is 3.75. The first-order chi connectivity index (χ1) is 6.04. The van der Waals surface area contributed by atoms with E-state index < -0.39 is 11.9 Å². The van der Waals surface area contributed by atoms with E-state index in [-0.39, 0.29) is 10.7 Å². The molecule has 1 aromatic heterocycles. The molecule has 1 aromatic rings. The van der Waals surface area contributed by atoms with Gasteiger partial charge in [0.25, 0.3) is 0 Å². The van der Waals surface area contributed by atoms with Crippen LogP contribution >= 0.6 is 12.2 Å². The highest BCUT2D eigenvalue weighted by Crippen LogP contribution is 2.15. The van der Waals surface area contributed by atoms with E-state index in [2.05, 4.69) is 15.5 Å². The maximum absolute atomic E-state index is 11.1. The van der Waals surface area contributed by atoms with Crippen molar-refractivity contribution < 1.29 is 4.79 Å². The summed E-state index contributed by atoms with van der Waals surface area (Å²) in [6, 6.07) is -0.512. The molecular formula is C6H11N5OS. The van der Waals surface area contributed by atoms with Gasteiger partial charge < -0.3 is 5.73 Å². The van der Waals surface area contributed by atoms with Gasteiger partial charge in [0, 0.05) is 0 Å². The van der Waals surface area contributed by atoms with Gasteiger partial charge in [0.05, 0.1) is 0 Å². The van der Waals surface area contributed by atoms with Crippen molar-refractivity contribution in [3.05, 3.63) is 4.77 Å². The Labute approximate surface area is 80.1 Å². The predicted molar refractivity (Wildman–Crippen MR) is 48.3 cm³/mol. The summed E-state index contributed by atoms with van der Waals surface area (Å²) >= 11 is 4.85. The number of rotatable bonds is 3. The molecule has 0 aliphatic heterocycles. The number of nitrogens with one attached hydrogen (secondary N) is 1. The zero-order valence-electron chi connectivity index (χ0n) is 7.39. The van der Waals surface area contributed by atoms with E-state index >= 15 is 0 Å². The average Bonchev–Trinajstić information content (AvgIpc) is 2.35. The van der Waals surface area contributed by atoms with Gasteiger partial charge in [0.15, 0.2) is 0 Å². The number of carbonyl (C=O) groups excluding carboxylic acids is 1. The molecule has 72 valence electrons. The van der Waals surface area contributed by atoms with E-state index in [4.69, 9.17) is 18.0 Å². The summed E-state index contributed by atoms with van der Waals surface area (Å²) in [4.78, 5) is 11.1. The fourth-order valence-electron chi connectivity index (χ4n) is 1.14. The Kier molecular flexibility index (Phi) is 2.76. The SMILES string of the molecule is CC(C)C(C(N)=O)n1[nH]nnc1=S. The number of tetrazole rings is 1. The number of aromatic nitrogens is 4. The third kappa shape index (κ3) is 1.92. The molecule has 0 aromatic carbocycles. The zero-order valence-corrected chi connectivity index (χ0v) is 8.21. The highest BCUT2D eigenvalue weighted by molar-refractivity contribution is 7.71. The molecule has 1 rings (SSSR count). The van der Waals surface area contributed by atoms with Crippen molar-refractivity contribution in [1.29, 1.82) is 0 Å². The molecule has 1 unspecified atom stereocenters. The van der Waals surface area contributed by atoms with Crippen molar-refractivity contribution in [2.24, 2.45) is 11.7 Å². The van der Waals surface area contributed by atoms with Crippen LogP contribution < -0.4 is 5.73 Å². The smallest absolute Gasteiger partial charge is 0.242 e. The number of amides is 1. The van der Waals surface area contributed by atoms with E-state index in [0.717, 1.165) is 0 Å².